The number of hydrogen-bond donors (Lipinski definition) is 3. The van der Waals surface area contributed by atoms with E-state index in [2.05, 4.69) is 21.7 Å². The average molecular weight is 500 g/mol. The van der Waals surface area contributed by atoms with Crippen molar-refractivity contribution in [2.45, 2.75) is 89.5 Å². The summed E-state index contributed by atoms with van der Waals surface area (Å²) in [5, 5.41) is 6.24. The Kier molecular flexibility index (Phi) is 10.3. The van der Waals surface area contributed by atoms with Crippen LogP contribution in [0.25, 0.3) is 0 Å². The highest BCUT2D eigenvalue weighted by Gasteiger charge is 2.14. The van der Waals surface area contributed by atoms with Gasteiger partial charge in [-0.15, -0.1) is 0 Å². The minimum absolute atomic E-state index is 0.180. The van der Waals surface area contributed by atoms with E-state index in [9.17, 15) is 4.79 Å². The number of carbonyl (C=O) groups excluding carboxylic acids is 1. The lowest BCUT2D eigenvalue weighted by atomic mass is 9.91. The second kappa shape index (κ2) is 14.4. The molecule has 0 bridgehead atoms. The lowest BCUT2D eigenvalue weighted by molar-refractivity contribution is 0.102. The zero-order valence-electron chi connectivity index (χ0n) is 21.9. The molecular weight excluding hydrogens is 458 g/mol. The summed E-state index contributed by atoms with van der Waals surface area (Å²) in [6.45, 7) is 0.599. The van der Waals surface area contributed by atoms with Crippen molar-refractivity contribution in [3.05, 3.63) is 77.6 Å². The molecule has 3 aromatic rings. The van der Waals surface area contributed by atoms with Gasteiger partial charge in [-0.3, -0.25) is 4.79 Å². The standard InChI is InChI=1S/C31H41N5O/c32-27-15-11-12-16-29(27)35-30(37)26-19-17-24(18-20-26)23-34-31-33-22-21-28(36-31)25-13-9-7-5-3-1-2-4-6-8-10-14-25/h11-12,15-22,25H,1-10,13-14,23,32H2,(H,35,37)(H,33,34,36). The maximum absolute atomic E-state index is 12.6. The van der Waals surface area contributed by atoms with Crippen molar-refractivity contribution in [1.82, 2.24) is 9.97 Å². The molecule has 1 heterocycles. The van der Waals surface area contributed by atoms with E-state index in [1.165, 1.54) is 82.7 Å². The SMILES string of the molecule is Nc1ccccc1NC(=O)c1ccc(CNc2nccc(C3CCCCCCCCCCCC3)n2)cc1. The summed E-state index contributed by atoms with van der Waals surface area (Å²) in [7, 11) is 0. The first kappa shape index (κ1) is 26.6. The third-order valence-corrected chi connectivity index (χ3v) is 7.33. The first-order valence-corrected chi connectivity index (χ1v) is 14.0. The Bertz CT molecular complexity index is 1100. The largest absolute Gasteiger partial charge is 0.397 e. The molecular formula is C31H41N5O. The van der Waals surface area contributed by atoms with Crippen molar-refractivity contribution in [3.8, 4) is 0 Å². The summed E-state index contributed by atoms with van der Waals surface area (Å²) in [6.07, 6.45) is 17.9. The van der Waals surface area contributed by atoms with E-state index in [1.807, 2.05) is 42.6 Å². The second-order valence-electron chi connectivity index (χ2n) is 10.2. The Hall–Kier alpha value is -3.41. The number of anilines is 3. The van der Waals surface area contributed by atoms with Crippen molar-refractivity contribution in [2.75, 3.05) is 16.4 Å². The molecule has 1 aliphatic carbocycles. The van der Waals surface area contributed by atoms with Crippen molar-refractivity contribution in [2.24, 2.45) is 0 Å². The molecule has 1 saturated carbocycles. The van der Waals surface area contributed by atoms with Crippen molar-refractivity contribution < 1.29 is 4.79 Å². The predicted molar refractivity (Wildman–Crippen MR) is 153 cm³/mol. The van der Waals surface area contributed by atoms with Gasteiger partial charge in [0.2, 0.25) is 5.95 Å². The Morgan fingerprint density at radius 1 is 0.811 bits per heavy atom. The molecule has 6 nitrogen and oxygen atoms in total. The number of nitrogens with one attached hydrogen (secondary N) is 2. The van der Waals surface area contributed by atoms with Crippen LogP contribution in [-0.4, -0.2) is 15.9 Å². The Labute approximate surface area is 221 Å². The van der Waals surface area contributed by atoms with Crippen LogP contribution in [0.2, 0.25) is 0 Å². The molecule has 1 aromatic heterocycles. The lowest BCUT2D eigenvalue weighted by Gasteiger charge is -2.17. The van der Waals surface area contributed by atoms with Crippen LogP contribution in [0.1, 0.15) is 105 Å². The number of amides is 1. The van der Waals surface area contributed by atoms with Gasteiger partial charge >= 0.3 is 0 Å². The number of benzene rings is 2. The fourth-order valence-corrected chi connectivity index (χ4v) is 5.08. The highest BCUT2D eigenvalue weighted by Crippen LogP contribution is 2.28. The molecule has 0 unspecified atom stereocenters. The maximum atomic E-state index is 12.6. The summed E-state index contributed by atoms with van der Waals surface area (Å²) >= 11 is 0. The van der Waals surface area contributed by atoms with Gasteiger partial charge in [0.1, 0.15) is 0 Å². The number of nitrogens with zero attached hydrogens (tertiary/aromatic N) is 2. The van der Waals surface area contributed by atoms with E-state index in [0.29, 0.717) is 35.3 Å². The molecule has 1 amide bonds. The average Bonchev–Trinajstić information content (AvgIpc) is 2.95. The van der Waals surface area contributed by atoms with Crippen LogP contribution in [0.15, 0.2) is 60.8 Å². The second-order valence-corrected chi connectivity index (χ2v) is 10.2. The van der Waals surface area contributed by atoms with Gasteiger partial charge in [-0.1, -0.05) is 88.5 Å². The van der Waals surface area contributed by atoms with Crippen molar-refractivity contribution in [1.29, 1.82) is 0 Å². The van der Waals surface area contributed by atoms with Gasteiger partial charge in [0.25, 0.3) is 5.91 Å². The number of hydrogen-bond acceptors (Lipinski definition) is 5. The van der Waals surface area contributed by atoms with Crippen LogP contribution in [0.3, 0.4) is 0 Å². The van der Waals surface area contributed by atoms with Gasteiger partial charge in [-0.2, -0.15) is 0 Å². The summed E-state index contributed by atoms with van der Waals surface area (Å²) in [6, 6.07) is 16.9. The Balaban J connectivity index is 1.32. The van der Waals surface area contributed by atoms with Crippen LogP contribution in [0.4, 0.5) is 17.3 Å². The maximum Gasteiger partial charge on any atom is 0.255 e. The molecule has 4 N–H and O–H groups in total. The quantitative estimate of drug-likeness (QED) is 0.302. The first-order chi connectivity index (χ1) is 18.2. The van der Waals surface area contributed by atoms with Crippen LogP contribution >= 0.6 is 0 Å². The zero-order chi connectivity index (χ0) is 25.7. The molecule has 2 aromatic carbocycles. The van der Waals surface area contributed by atoms with Gasteiger partial charge in [0.15, 0.2) is 0 Å². The molecule has 0 radical (unpaired) electrons. The lowest BCUT2D eigenvalue weighted by Crippen LogP contribution is -2.13. The molecule has 0 spiro atoms. The molecule has 37 heavy (non-hydrogen) atoms. The molecule has 196 valence electrons. The number of nitrogens with two attached hydrogens (primary N) is 1. The van der Waals surface area contributed by atoms with Crippen LogP contribution in [0.5, 0.6) is 0 Å². The zero-order valence-corrected chi connectivity index (χ0v) is 21.9. The third-order valence-electron chi connectivity index (χ3n) is 7.33. The van der Waals surface area contributed by atoms with Crippen LogP contribution in [0, 0.1) is 0 Å². The van der Waals surface area contributed by atoms with Gasteiger partial charge in [0, 0.05) is 29.9 Å². The van der Waals surface area contributed by atoms with E-state index in [-0.39, 0.29) is 5.91 Å². The highest BCUT2D eigenvalue weighted by molar-refractivity contribution is 6.05. The highest BCUT2D eigenvalue weighted by atomic mass is 16.1. The van der Waals surface area contributed by atoms with Gasteiger partial charge < -0.3 is 16.4 Å². The molecule has 0 aliphatic heterocycles. The van der Waals surface area contributed by atoms with Gasteiger partial charge in [-0.05, 0) is 48.7 Å². The first-order valence-electron chi connectivity index (χ1n) is 14.0. The number of carbonyl (C=O) groups is 1. The number of para-hydroxylation sites is 2. The summed E-state index contributed by atoms with van der Waals surface area (Å²) in [5.74, 6) is 1.00. The fourth-order valence-electron chi connectivity index (χ4n) is 5.08. The molecule has 1 aliphatic rings. The Morgan fingerprint density at radius 3 is 2.08 bits per heavy atom. The molecule has 1 fully saturated rings. The van der Waals surface area contributed by atoms with E-state index in [4.69, 9.17) is 10.7 Å². The van der Waals surface area contributed by atoms with Gasteiger partial charge in [-0.25, -0.2) is 9.97 Å². The van der Waals surface area contributed by atoms with E-state index >= 15 is 0 Å². The third kappa shape index (κ3) is 8.59. The Morgan fingerprint density at radius 2 is 1.43 bits per heavy atom. The van der Waals surface area contributed by atoms with E-state index < -0.39 is 0 Å². The predicted octanol–water partition coefficient (Wildman–Crippen LogP) is 7.70. The summed E-state index contributed by atoms with van der Waals surface area (Å²) < 4.78 is 0. The number of rotatable bonds is 6. The fraction of sp³-hybridized carbons (Fsp3) is 0.452. The van der Waals surface area contributed by atoms with Crippen molar-refractivity contribution in [3.63, 3.8) is 0 Å². The van der Waals surface area contributed by atoms with Crippen LogP contribution < -0.4 is 16.4 Å². The molecule has 0 saturated heterocycles. The summed E-state index contributed by atoms with van der Waals surface area (Å²) in [5.41, 5.74) is 9.91. The topological polar surface area (TPSA) is 92.9 Å². The van der Waals surface area contributed by atoms with Gasteiger partial charge in [0.05, 0.1) is 11.4 Å². The molecule has 0 atom stereocenters. The summed E-state index contributed by atoms with van der Waals surface area (Å²) in [4.78, 5) is 22.0. The van der Waals surface area contributed by atoms with E-state index in [0.717, 1.165) is 5.56 Å². The number of nitrogen functional groups attached to an aromatic ring is 1. The van der Waals surface area contributed by atoms with Crippen LogP contribution in [-0.2, 0) is 6.54 Å². The normalized spacial score (nSPS) is 16.1. The molecule has 4 rings (SSSR count). The smallest absolute Gasteiger partial charge is 0.255 e. The van der Waals surface area contributed by atoms with E-state index in [1.54, 1.807) is 12.1 Å². The minimum atomic E-state index is -0.180. The molecule has 6 heteroatoms. The monoisotopic (exact) mass is 499 g/mol. The number of aromatic nitrogens is 2. The minimum Gasteiger partial charge on any atom is -0.397 e. The van der Waals surface area contributed by atoms with Crippen molar-refractivity contribution >= 4 is 23.2 Å².